The Bertz CT molecular complexity index is 1060. The highest BCUT2D eigenvalue weighted by molar-refractivity contribution is 6.35. The molecule has 122 valence electrons. The number of H-pyrrole nitrogens is 1. The second-order valence-electron chi connectivity index (χ2n) is 5.83. The number of rotatable bonds is 3. The quantitative estimate of drug-likeness (QED) is 0.569. The van der Waals surface area contributed by atoms with Gasteiger partial charge < -0.3 is 0 Å². The van der Waals surface area contributed by atoms with Crippen LogP contribution in [0.3, 0.4) is 0 Å². The van der Waals surface area contributed by atoms with Crippen molar-refractivity contribution in [2.45, 2.75) is 26.7 Å². The van der Waals surface area contributed by atoms with E-state index in [0.717, 1.165) is 46.4 Å². The Morgan fingerprint density at radius 1 is 1.17 bits per heavy atom. The first-order valence-electron chi connectivity index (χ1n) is 7.76. The fraction of sp³-hybridized carbons (Fsp3) is 0.235. The van der Waals surface area contributed by atoms with Gasteiger partial charge in [-0.25, -0.2) is 9.50 Å². The molecule has 0 saturated heterocycles. The number of nitrogens with one attached hydrogen (secondary N) is 1. The number of fused-ring (bicyclic) bond motifs is 2. The molecule has 0 aliphatic carbocycles. The molecule has 0 bridgehead atoms. The molecule has 0 aliphatic heterocycles. The fourth-order valence-corrected chi connectivity index (χ4v) is 3.54. The maximum absolute atomic E-state index is 6.40. The van der Waals surface area contributed by atoms with Gasteiger partial charge in [0.2, 0.25) is 0 Å². The number of aryl methyl sites for hydroxylation is 2. The zero-order valence-corrected chi connectivity index (χ0v) is 14.8. The predicted molar refractivity (Wildman–Crippen MR) is 96.8 cm³/mol. The lowest BCUT2D eigenvalue weighted by molar-refractivity contribution is 0.820. The minimum absolute atomic E-state index is 0.599. The van der Waals surface area contributed by atoms with E-state index in [4.69, 9.17) is 23.2 Å². The van der Waals surface area contributed by atoms with Crippen LogP contribution >= 0.6 is 23.2 Å². The average Bonchev–Trinajstić information content (AvgIpc) is 3.15. The van der Waals surface area contributed by atoms with Gasteiger partial charge >= 0.3 is 0 Å². The molecule has 0 saturated carbocycles. The van der Waals surface area contributed by atoms with Crippen molar-refractivity contribution in [3.8, 4) is 11.3 Å². The van der Waals surface area contributed by atoms with Crippen molar-refractivity contribution in [1.29, 1.82) is 0 Å². The summed E-state index contributed by atoms with van der Waals surface area (Å²) < 4.78 is 1.82. The Morgan fingerprint density at radius 3 is 2.79 bits per heavy atom. The molecule has 0 atom stereocenters. The molecular weight excluding hydrogens is 345 g/mol. The molecular formula is C17H15Cl2N5. The molecule has 0 amide bonds. The van der Waals surface area contributed by atoms with Gasteiger partial charge in [0.25, 0.3) is 0 Å². The van der Waals surface area contributed by atoms with Crippen LogP contribution in [0.25, 0.3) is 27.8 Å². The molecule has 7 heteroatoms. The standard InChI is InChI=1S/C17H15Cl2N5/c1-3-4-14-21-17-13(19)5-9(2)16(24(17)23-14)10-6-11-8-20-22-15(11)12(18)7-10/h5-8H,3-4H2,1-2H3,(H,20,22). The number of benzene rings is 1. The van der Waals surface area contributed by atoms with Gasteiger partial charge in [-0.1, -0.05) is 30.1 Å². The second kappa shape index (κ2) is 5.76. The highest BCUT2D eigenvalue weighted by atomic mass is 35.5. The molecule has 3 aromatic heterocycles. The van der Waals surface area contributed by atoms with Gasteiger partial charge in [0.1, 0.15) is 0 Å². The normalized spacial score (nSPS) is 11.7. The Hall–Kier alpha value is -2.11. The Kier molecular flexibility index (Phi) is 3.70. The van der Waals surface area contributed by atoms with Crippen LogP contribution in [0, 0.1) is 6.92 Å². The summed E-state index contributed by atoms with van der Waals surface area (Å²) in [5.41, 5.74) is 4.41. The Labute approximate surface area is 148 Å². The maximum atomic E-state index is 6.40. The number of aromatic amines is 1. The van der Waals surface area contributed by atoms with Gasteiger partial charge in [0, 0.05) is 17.4 Å². The predicted octanol–water partition coefficient (Wildman–Crippen LogP) is 4.84. The van der Waals surface area contributed by atoms with Gasteiger partial charge in [0.05, 0.1) is 27.5 Å². The van der Waals surface area contributed by atoms with Crippen molar-refractivity contribution in [2.75, 3.05) is 0 Å². The van der Waals surface area contributed by atoms with E-state index >= 15 is 0 Å². The molecule has 0 aliphatic rings. The largest absolute Gasteiger partial charge is 0.276 e. The van der Waals surface area contributed by atoms with Crippen molar-refractivity contribution in [2.24, 2.45) is 0 Å². The summed E-state index contributed by atoms with van der Waals surface area (Å²) in [6.07, 6.45) is 3.56. The van der Waals surface area contributed by atoms with E-state index in [2.05, 4.69) is 27.2 Å². The van der Waals surface area contributed by atoms with E-state index in [1.807, 2.05) is 29.6 Å². The van der Waals surface area contributed by atoms with Crippen LogP contribution < -0.4 is 0 Å². The van der Waals surface area contributed by atoms with Gasteiger partial charge in [-0.3, -0.25) is 5.10 Å². The van der Waals surface area contributed by atoms with Gasteiger partial charge in [0.15, 0.2) is 11.5 Å². The highest BCUT2D eigenvalue weighted by Crippen LogP contribution is 2.33. The zero-order valence-electron chi connectivity index (χ0n) is 13.3. The Morgan fingerprint density at radius 2 is 2.00 bits per heavy atom. The third kappa shape index (κ3) is 2.36. The van der Waals surface area contributed by atoms with Crippen molar-refractivity contribution < 1.29 is 0 Å². The number of aromatic nitrogens is 5. The van der Waals surface area contributed by atoms with E-state index in [1.165, 1.54) is 0 Å². The van der Waals surface area contributed by atoms with Crippen molar-refractivity contribution in [3.63, 3.8) is 0 Å². The molecule has 1 N–H and O–H groups in total. The first-order valence-corrected chi connectivity index (χ1v) is 8.52. The van der Waals surface area contributed by atoms with Crippen LogP contribution in [0.2, 0.25) is 10.0 Å². The summed E-state index contributed by atoms with van der Waals surface area (Å²) in [5, 5.41) is 13.8. The molecule has 4 aromatic rings. The lowest BCUT2D eigenvalue weighted by Gasteiger charge is -2.10. The topological polar surface area (TPSA) is 58.9 Å². The molecule has 0 radical (unpaired) electrons. The van der Waals surface area contributed by atoms with E-state index in [-0.39, 0.29) is 0 Å². The SMILES string of the molecule is CCCc1nc2c(Cl)cc(C)c(-c3cc(Cl)c4[nH]ncc4c3)n2n1. The maximum Gasteiger partial charge on any atom is 0.174 e. The summed E-state index contributed by atoms with van der Waals surface area (Å²) in [6.45, 7) is 4.11. The van der Waals surface area contributed by atoms with Crippen molar-refractivity contribution in [3.05, 3.63) is 45.8 Å². The van der Waals surface area contributed by atoms with E-state index < -0.39 is 0 Å². The summed E-state index contributed by atoms with van der Waals surface area (Å²) in [6, 6.07) is 5.88. The van der Waals surface area contributed by atoms with Crippen LogP contribution in [0.5, 0.6) is 0 Å². The molecule has 24 heavy (non-hydrogen) atoms. The van der Waals surface area contributed by atoms with Crippen molar-refractivity contribution >= 4 is 39.8 Å². The number of pyridine rings is 1. The van der Waals surface area contributed by atoms with Crippen LogP contribution in [-0.2, 0) is 6.42 Å². The monoisotopic (exact) mass is 359 g/mol. The molecule has 0 spiro atoms. The number of halogens is 2. The minimum atomic E-state index is 0.599. The second-order valence-corrected chi connectivity index (χ2v) is 6.64. The Balaban J connectivity index is 2.03. The lowest BCUT2D eigenvalue weighted by Crippen LogP contribution is -1.99. The smallest absolute Gasteiger partial charge is 0.174 e. The van der Waals surface area contributed by atoms with Crippen LogP contribution in [0.1, 0.15) is 24.7 Å². The fourth-order valence-electron chi connectivity index (χ4n) is 2.99. The first kappa shape index (κ1) is 15.4. The summed E-state index contributed by atoms with van der Waals surface area (Å²) in [7, 11) is 0. The van der Waals surface area contributed by atoms with Gasteiger partial charge in [-0.05, 0) is 37.1 Å². The highest BCUT2D eigenvalue weighted by Gasteiger charge is 2.16. The summed E-state index contributed by atoms with van der Waals surface area (Å²) >= 11 is 12.8. The zero-order chi connectivity index (χ0) is 16.8. The summed E-state index contributed by atoms with van der Waals surface area (Å²) in [5.74, 6) is 0.793. The minimum Gasteiger partial charge on any atom is -0.276 e. The number of nitrogens with zero attached hydrogens (tertiary/aromatic N) is 4. The first-order chi connectivity index (χ1) is 11.6. The van der Waals surface area contributed by atoms with E-state index in [1.54, 1.807) is 6.20 Å². The third-order valence-corrected chi connectivity index (χ3v) is 4.62. The molecule has 1 aromatic carbocycles. The lowest BCUT2D eigenvalue weighted by atomic mass is 10.0. The van der Waals surface area contributed by atoms with Crippen LogP contribution in [-0.4, -0.2) is 24.8 Å². The van der Waals surface area contributed by atoms with E-state index in [0.29, 0.717) is 15.7 Å². The molecule has 0 unspecified atom stereocenters. The number of hydrogen-bond donors (Lipinski definition) is 1. The van der Waals surface area contributed by atoms with E-state index in [9.17, 15) is 0 Å². The third-order valence-electron chi connectivity index (χ3n) is 4.04. The average molecular weight is 360 g/mol. The van der Waals surface area contributed by atoms with Gasteiger partial charge in [-0.15, -0.1) is 0 Å². The summed E-state index contributed by atoms with van der Waals surface area (Å²) in [4.78, 5) is 4.57. The van der Waals surface area contributed by atoms with Crippen LogP contribution in [0.15, 0.2) is 24.4 Å². The molecule has 3 heterocycles. The van der Waals surface area contributed by atoms with Crippen LogP contribution in [0.4, 0.5) is 0 Å². The molecule has 5 nitrogen and oxygen atoms in total. The molecule has 4 rings (SSSR count). The number of hydrogen-bond acceptors (Lipinski definition) is 3. The van der Waals surface area contributed by atoms with Gasteiger partial charge in [-0.2, -0.15) is 10.2 Å². The molecule has 0 fully saturated rings. The van der Waals surface area contributed by atoms with Crippen molar-refractivity contribution in [1.82, 2.24) is 24.8 Å².